The number of amides is 3. The van der Waals surface area contributed by atoms with E-state index in [9.17, 15) is 18.4 Å². The van der Waals surface area contributed by atoms with E-state index in [2.05, 4.69) is 11.9 Å². The van der Waals surface area contributed by atoms with E-state index >= 15 is 0 Å². The third-order valence-electron chi connectivity index (χ3n) is 4.10. The van der Waals surface area contributed by atoms with Crippen LogP contribution in [-0.2, 0) is 0 Å². The molecule has 0 atom stereocenters. The fourth-order valence-corrected chi connectivity index (χ4v) is 2.77. The molecule has 3 rings (SSSR count). The number of nitrogens with one attached hydrogen (secondary N) is 2. The summed E-state index contributed by atoms with van der Waals surface area (Å²) >= 11 is 0. The van der Waals surface area contributed by atoms with Gasteiger partial charge in [-0.2, -0.15) is 0 Å². The Hall–Kier alpha value is -4.00. The molecule has 0 aliphatic rings. The van der Waals surface area contributed by atoms with Gasteiger partial charge in [0.25, 0.3) is 5.91 Å². The standard InChI is InChI=1S/C23H18F2N2O3/c1-2-13-30-20-12-11-16(14-17(20)15-7-4-3-5-8-15)26-23(29)27-22(28)21-18(24)9-6-10-19(21)25/h2-12,14H,1,13H2,(H2,26,27,28,29). The van der Waals surface area contributed by atoms with Gasteiger partial charge in [0.2, 0.25) is 0 Å². The Kier molecular flexibility index (Phi) is 6.54. The minimum absolute atomic E-state index is 0.301. The largest absolute Gasteiger partial charge is 0.489 e. The highest BCUT2D eigenvalue weighted by Crippen LogP contribution is 2.32. The lowest BCUT2D eigenvalue weighted by Crippen LogP contribution is -2.35. The third-order valence-corrected chi connectivity index (χ3v) is 4.10. The summed E-state index contributed by atoms with van der Waals surface area (Å²) in [6, 6.07) is 16.3. The second kappa shape index (κ2) is 9.47. The first-order valence-electron chi connectivity index (χ1n) is 8.99. The normalized spacial score (nSPS) is 10.2. The minimum Gasteiger partial charge on any atom is -0.489 e. The van der Waals surface area contributed by atoms with E-state index in [0.717, 1.165) is 23.8 Å². The van der Waals surface area contributed by atoms with E-state index in [-0.39, 0.29) is 0 Å². The third kappa shape index (κ3) is 4.88. The highest BCUT2D eigenvalue weighted by molar-refractivity contribution is 6.08. The summed E-state index contributed by atoms with van der Waals surface area (Å²) in [5.74, 6) is -2.72. The van der Waals surface area contributed by atoms with Crippen molar-refractivity contribution in [2.45, 2.75) is 0 Å². The molecule has 0 heterocycles. The SMILES string of the molecule is C=CCOc1ccc(NC(=O)NC(=O)c2c(F)cccc2F)cc1-c1ccccc1. The van der Waals surface area contributed by atoms with Crippen LogP contribution < -0.4 is 15.4 Å². The second-order valence-electron chi connectivity index (χ2n) is 6.18. The molecule has 3 aromatic carbocycles. The topological polar surface area (TPSA) is 67.4 Å². The van der Waals surface area contributed by atoms with Crippen molar-refractivity contribution in [2.75, 3.05) is 11.9 Å². The second-order valence-corrected chi connectivity index (χ2v) is 6.18. The fraction of sp³-hybridized carbons (Fsp3) is 0.0435. The molecule has 0 saturated heterocycles. The summed E-state index contributed by atoms with van der Waals surface area (Å²) in [5, 5.41) is 4.40. The Balaban J connectivity index is 1.80. The van der Waals surface area contributed by atoms with E-state index in [1.165, 1.54) is 0 Å². The average molecular weight is 408 g/mol. The van der Waals surface area contributed by atoms with Gasteiger partial charge in [-0.3, -0.25) is 10.1 Å². The molecule has 0 aliphatic heterocycles. The molecule has 3 amide bonds. The van der Waals surface area contributed by atoms with E-state index in [1.54, 1.807) is 24.3 Å². The van der Waals surface area contributed by atoms with Crippen molar-refractivity contribution in [3.8, 4) is 16.9 Å². The molecule has 0 bridgehead atoms. The lowest BCUT2D eigenvalue weighted by Gasteiger charge is -2.13. The molecule has 7 heteroatoms. The van der Waals surface area contributed by atoms with Gasteiger partial charge >= 0.3 is 6.03 Å². The number of imide groups is 1. The number of rotatable bonds is 6. The zero-order valence-corrected chi connectivity index (χ0v) is 15.8. The van der Waals surface area contributed by atoms with Crippen molar-refractivity contribution in [3.63, 3.8) is 0 Å². The molecule has 0 spiro atoms. The summed E-state index contributed by atoms with van der Waals surface area (Å²) in [6.45, 7) is 3.93. The minimum atomic E-state index is -1.18. The summed E-state index contributed by atoms with van der Waals surface area (Å²) in [5.41, 5.74) is 1.09. The molecule has 3 aromatic rings. The van der Waals surface area contributed by atoms with Gasteiger partial charge in [0.1, 0.15) is 29.6 Å². The van der Waals surface area contributed by atoms with Crippen molar-refractivity contribution in [3.05, 3.63) is 96.6 Å². The van der Waals surface area contributed by atoms with Gasteiger partial charge in [-0.25, -0.2) is 13.6 Å². The first-order valence-corrected chi connectivity index (χ1v) is 8.99. The highest BCUT2D eigenvalue weighted by atomic mass is 19.1. The van der Waals surface area contributed by atoms with Crippen LogP contribution in [0.25, 0.3) is 11.1 Å². The Morgan fingerprint density at radius 1 is 0.967 bits per heavy atom. The average Bonchev–Trinajstić information content (AvgIpc) is 2.73. The summed E-state index contributed by atoms with van der Waals surface area (Å²) in [6.07, 6.45) is 1.61. The fourth-order valence-electron chi connectivity index (χ4n) is 2.77. The monoisotopic (exact) mass is 408 g/mol. The number of ether oxygens (including phenoxy) is 1. The van der Waals surface area contributed by atoms with E-state index < -0.39 is 29.1 Å². The van der Waals surface area contributed by atoms with Crippen LogP contribution in [-0.4, -0.2) is 18.5 Å². The van der Waals surface area contributed by atoms with Gasteiger partial charge in [0.15, 0.2) is 0 Å². The molecule has 0 aromatic heterocycles. The summed E-state index contributed by atoms with van der Waals surface area (Å²) in [4.78, 5) is 24.3. The molecule has 0 unspecified atom stereocenters. The molecule has 2 N–H and O–H groups in total. The molecular weight excluding hydrogens is 390 g/mol. The number of urea groups is 1. The van der Waals surface area contributed by atoms with Crippen LogP contribution in [0.1, 0.15) is 10.4 Å². The summed E-state index contributed by atoms with van der Waals surface area (Å²) in [7, 11) is 0. The quantitative estimate of drug-likeness (QED) is 0.554. The van der Waals surface area contributed by atoms with Gasteiger partial charge in [-0.1, -0.05) is 49.1 Å². The number of halogens is 2. The van der Waals surface area contributed by atoms with Crippen LogP contribution in [0.3, 0.4) is 0 Å². The number of anilines is 1. The molecular formula is C23H18F2N2O3. The lowest BCUT2D eigenvalue weighted by atomic mass is 10.0. The number of hydrogen-bond acceptors (Lipinski definition) is 3. The summed E-state index contributed by atoms with van der Waals surface area (Å²) < 4.78 is 33.1. The maximum Gasteiger partial charge on any atom is 0.326 e. The van der Waals surface area contributed by atoms with Crippen molar-refractivity contribution in [1.29, 1.82) is 0 Å². The van der Waals surface area contributed by atoms with Crippen LogP contribution in [0.15, 0.2) is 79.4 Å². The Labute approximate surface area is 172 Å². The van der Waals surface area contributed by atoms with Crippen LogP contribution in [0.5, 0.6) is 5.75 Å². The Bertz CT molecular complexity index is 1060. The number of hydrogen-bond donors (Lipinski definition) is 2. The predicted molar refractivity (Wildman–Crippen MR) is 110 cm³/mol. The van der Waals surface area contributed by atoms with Crippen molar-refractivity contribution < 1.29 is 23.1 Å². The first-order chi connectivity index (χ1) is 14.5. The Morgan fingerprint density at radius 3 is 2.33 bits per heavy atom. The zero-order valence-electron chi connectivity index (χ0n) is 15.8. The van der Waals surface area contributed by atoms with E-state index in [0.29, 0.717) is 23.6 Å². The number of carbonyl (C=O) groups excluding carboxylic acids is 2. The molecule has 0 fully saturated rings. The van der Waals surface area contributed by atoms with Gasteiger partial charge in [0.05, 0.1) is 0 Å². The molecule has 0 radical (unpaired) electrons. The predicted octanol–water partition coefficient (Wildman–Crippen LogP) is 5.16. The molecule has 5 nitrogen and oxygen atoms in total. The van der Waals surface area contributed by atoms with Crippen LogP contribution in [0.4, 0.5) is 19.3 Å². The first kappa shape index (κ1) is 20.7. The smallest absolute Gasteiger partial charge is 0.326 e. The van der Waals surface area contributed by atoms with Crippen LogP contribution in [0, 0.1) is 11.6 Å². The van der Waals surface area contributed by atoms with Crippen molar-refractivity contribution >= 4 is 17.6 Å². The van der Waals surface area contributed by atoms with Gasteiger partial charge in [-0.05, 0) is 35.9 Å². The molecule has 0 saturated carbocycles. The van der Waals surface area contributed by atoms with E-state index in [4.69, 9.17) is 4.74 Å². The highest BCUT2D eigenvalue weighted by Gasteiger charge is 2.19. The van der Waals surface area contributed by atoms with Crippen molar-refractivity contribution in [1.82, 2.24) is 5.32 Å². The number of benzene rings is 3. The van der Waals surface area contributed by atoms with Crippen LogP contribution in [0.2, 0.25) is 0 Å². The zero-order chi connectivity index (χ0) is 21.5. The molecule has 152 valence electrons. The van der Waals surface area contributed by atoms with Gasteiger partial charge in [0, 0.05) is 11.3 Å². The molecule has 30 heavy (non-hydrogen) atoms. The lowest BCUT2D eigenvalue weighted by molar-refractivity contribution is 0.0959. The van der Waals surface area contributed by atoms with E-state index in [1.807, 2.05) is 35.6 Å². The maximum atomic E-state index is 13.7. The maximum absolute atomic E-state index is 13.7. The number of carbonyl (C=O) groups is 2. The van der Waals surface area contributed by atoms with Crippen molar-refractivity contribution in [2.24, 2.45) is 0 Å². The van der Waals surface area contributed by atoms with Crippen LogP contribution >= 0.6 is 0 Å². The van der Waals surface area contributed by atoms with Gasteiger partial charge < -0.3 is 10.1 Å². The van der Waals surface area contributed by atoms with Gasteiger partial charge in [-0.15, -0.1) is 0 Å². The molecule has 0 aliphatic carbocycles. The Morgan fingerprint density at radius 2 is 1.67 bits per heavy atom.